The molecule has 1 aliphatic heterocycles. The van der Waals surface area contributed by atoms with Crippen LogP contribution in [0.3, 0.4) is 0 Å². The van der Waals surface area contributed by atoms with Crippen molar-refractivity contribution in [2.45, 2.75) is 13.0 Å². The van der Waals surface area contributed by atoms with E-state index in [9.17, 15) is 4.79 Å². The maximum absolute atomic E-state index is 12.5. The van der Waals surface area contributed by atoms with E-state index < -0.39 is 0 Å². The highest BCUT2D eigenvalue weighted by Crippen LogP contribution is 2.36. The highest BCUT2D eigenvalue weighted by molar-refractivity contribution is 9.10. The van der Waals surface area contributed by atoms with Crippen molar-refractivity contribution >= 4 is 21.8 Å². The lowest BCUT2D eigenvalue weighted by atomic mass is 10.2. The molecule has 1 aliphatic rings. The molecule has 1 amide bonds. The zero-order valence-electron chi connectivity index (χ0n) is 14.6. The van der Waals surface area contributed by atoms with Gasteiger partial charge in [0.25, 0.3) is 5.91 Å². The average molecular weight is 422 g/mol. The SMILES string of the molecule is CCOc1c(Br)cc(C(=O)NCC2COc3ccccc3O2)cc1OC. The molecule has 0 saturated carbocycles. The van der Waals surface area contributed by atoms with Gasteiger partial charge in [0.05, 0.1) is 24.7 Å². The highest BCUT2D eigenvalue weighted by atomic mass is 79.9. The summed E-state index contributed by atoms with van der Waals surface area (Å²) in [6, 6.07) is 10.8. The van der Waals surface area contributed by atoms with Crippen molar-refractivity contribution in [3.05, 3.63) is 46.4 Å². The van der Waals surface area contributed by atoms with Gasteiger partial charge < -0.3 is 24.3 Å². The fraction of sp³-hybridized carbons (Fsp3) is 0.316. The second kappa shape index (κ2) is 8.31. The molecule has 1 unspecified atom stereocenters. The lowest BCUT2D eigenvalue weighted by Crippen LogP contribution is -2.40. The van der Waals surface area contributed by atoms with Gasteiger partial charge in [-0.05, 0) is 47.1 Å². The molecule has 0 aliphatic carbocycles. The summed E-state index contributed by atoms with van der Waals surface area (Å²) in [6.45, 7) is 3.10. The molecule has 1 heterocycles. The zero-order valence-corrected chi connectivity index (χ0v) is 16.2. The second-order valence-corrected chi connectivity index (χ2v) is 6.48. The van der Waals surface area contributed by atoms with Gasteiger partial charge in [-0.1, -0.05) is 12.1 Å². The number of para-hydroxylation sites is 2. The van der Waals surface area contributed by atoms with Gasteiger partial charge >= 0.3 is 0 Å². The topological polar surface area (TPSA) is 66.0 Å². The minimum absolute atomic E-state index is 0.227. The maximum Gasteiger partial charge on any atom is 0.251 e. The number of carbonyl (C=O) groups is 1. The summed E-state index contributed by atoms with van der Waals surface area (Å²) in [5.74, 6) is 2.25. The van der Waals surface area contributed by atoms with Crippen LogP contribution in [0.1, 0.15) is 17.3 Å². The molecule has 1 atom stereocenters. The number of carbonyl (C=O) groups excluding carboxylic acids is 1. The van der Waals surface area contributed by atoms with Crippen molar-refractivity contribution in [3.8, 4) is 23.0 Å². The summed E-state index contributed by atoms with van der Waals surface area (Å²) in [4.78, 5) is 12.5. The molecule has 2 aromatic carbocycles. The molecule has 7 heteroatoms. The third-order valence-corrected chi connectivity index (χ3v) is 4.43. The van der Waals surface area contributed by atoms with Crippen LogP contribution in [0.5, 0.6) is 23.0 Å². The fourth-order valence-electron chi connectivity index (χ4n) is 2.61. The van der Waals surface area contributed by atoms with Gasteiger partial charge in [-0.3, -0.25) is 4.79 Å². The van der Waals surface area contributed by atoms with Crippen LogP contribution < -0.4 is 24.3 Å². The Morgan fingerprint density at radius 1 is 1.31 bits per heavy atom. The van der Waals surface area contributed by atoms with Gasteiger partial charge in [0.2, 0.25) is 0 Å². The van der Waals surface area contributed by atoms with Crippen molar-refractivity contribution in [3.63, 3.8) is 0 Å². The number of hydrogen-bond donors (Lipinski definition) is 1. The first-order valence-electron chi connectivity index (χ1n) is 8.29. The van der Waals surface area contributed by atoms with E-state index in [1.54, 1.807) is 12.1 Å². The standard InChI is InChI=1S/C19H20BrNO5/c1-3-24-18-14(20)8-12(9-17(18)23-2)19(22)21-10-13-11-25-15-6-4-5-7-16(15)26-13/h4-9,13H,3,10-11H2,1-2H3,(H,21,22). The van der Waals surface area contributed by atoms with E-state index in [2.05, 4.69) is 21.2 Å². The molecule has 0 fully saturated rings. The Morgan fingerprint density at radius 3 is 2.81 bits per heavy atom. The van der Waals surface area contributed by atoms with Crippen molar-refractivity contribution in [2.75, 3.05) is 26.9 Å². The summed E-state index contributed by atoms with van der Waals surface area (Å²) < 4.78 is 23.0. The Bertz CT molecular complexity index is 795. The number of fused-ring (bicyclic) bond motifs is 1. The summed E-state index contributed by atoms with van der Waals surface area (Å²) in [6.07, 6.45) is -0.248. The van der Waals surface area contributed by atoms with Crippen LogP contribution in [0.25, 0.3) is 0 Å². The number of benzene rings is 2. The molecule has 0 saturated heterocycles. The zero-order chi connectivity index (χ0) is 18.5. The Balaban J connectivity index is 1.65. The Morgan fingerprint density at radius 2 is 2.08 bits per heavy atom. The number of rotatable bonds is 6. The summed E-state index contributed by atoms with van der Waals surface area (Å²) in [5, 5.41) is 2.87. The smallest absolute Gasteiger partial charge is 0.251 e. The molecule has 2 aromatic rings. The van der Waals surface area contributed by atoms with E-state index in [0.29, 0.717) is 47.0 Å². The Labute approximate surface area is 160 Å². The van der Waals surface area contributed by atoms with Crippen LogP contribution in [0.4, 0.5) is 0 Å². The first-order chi connectivity index (χ1) is 12.6. The monoisotopic (exact) mass is 421 g/mol. The normalized spacial score (nSPS) is 15.3. The number of hydrogen-bond acceptors (Lipinski definition) is 5. The van der Waals surface area contributed by atoms with E-state index in [-0.39, 0.29) is 12.0 Å². The van der Waals surface area contributed by atoms with Gasteiger partial charge in [-0.15, -0.1) is 0 Å². The predicted octanol–water partition coefficient (Wildman–Crippen LogP) is 3.43. The molecule has 0 bridgehead atoms. The third kappa shape index (κ3) is 4.04. The lowest BCUT2D eigenvalue weighted by Gasteiger charge is -2.26. The van der Waals surface area contributed by atoms with Gasteiger partial charge in [0.1, 0.15) is 12.7 Å². The average Bonchev–Trinajstić information content (AvgIpc) is 2.67. The molecule has 0 radical (unpaired) electrons. The van der Waals surface area contributed by atoms with Crippen LogP contribution in [0.2, 0.25) is 0 Å². The predicted molar refractivity (Wildman–Crippen MR) is 101 cm³/mol. The number of ether oxygens (including phenoxy) is 4. The van der Waals surface area contributed by atoms with E-state index in [1.807, 2.05) is 31.2 Å². The quantitative estimate of drug-likeness (QED) is 0.773. The minimum atomic E-state index is -0.248. The van der Waals surface area contributed by atoms with Crippen molar-refractivity contribution in [1.82, 2.24) is 5.32 Å². The summed E-state index contributed by atoms with van der Waals surface area (Å²) in [5.41, 5.74) is 0.467. The van der Waals surface area contributed by atoms with E-state index >= 15 is 0 Å². The van der Waals surface area contributed by atoms with Crippen molar-refractivity contribution in [2.24, 2.45) is 0 Å². The van der Waals surface area contributed by atoms with Crippen LogP contribution in [0.15, 0.2) is 40.9 Å². The minimum Gasteiger partial charge on any atom is -0.493 e. The van der Waals surface area contributed by atoms with E-state index in [0.717, 1.165) is 5.75 Å². The van der Waals surface area contributed by atoms with Crippen molar-refractivity contribution in [1.29, 1.82) is 0 Å². The third-order valence-electron chi connectivity index (χ3n) is 3.84. The number of nitrogens with one attached hydrogen (secondary N) is 1. The van der Waals surface area contributed by atoms with Gasteiger partial charge in [-0.25, -0.2) is 0 Å². The molecular weight excluding hydrogens is 402 g/mol. The molecular formula is C19H20BrNO5. The second-order valence-electron chi connectivity index (χ2n) is 5.63. The summed E-state index contributed by atoms with van der Waals surface area (Å²) in [7, 11) is 1.54. The van der Waals surface area contributed by atoms with E-state index in [4.69, 9.17) is 18.9 Å². The van der Waals surface area contributed by atoms with Crippen LogP contribution >= 0.6 is 15.9 Å². The van der Waals surface area contributed by atoms with Gasteiger partial charge in [0, 0.05) is 5.56 Å². The molecule has 6 nitrogen and oxygen atoms in total. The number of halogens is 1. The van der Waals surface area contributed by atoms with Gasteiger partial charge in [0.15, 0.2) is 23.0 Å². The largest absolute Gasteiger partial charge is 0.493 e. The molecule has 138 valence electrons. The first kappa shape index (κ1) is 18.4. The van der Waals surface area contributed by atoms with Crippen LogP contribution in [-0.2, 0) is 0 Å². The molecule has 3 rings (SSSR count). The fourth-order valence-corrected chi connectivity index (χ4v) is 3.16. The van der Waals surface area contributed by atoms with Crippen molar-refractivity contribution < 1.29 is 23.7 Å². The molecule has 1 N–H and O–H groups in total. The number of methoxy groups -OCH3 is 1. The lowest BCUT2D eigenvalue weighted by molar-refractivity contribution is 0.0789. The Hall–Kier alpha value is -2.41. The number of amides is 1. The Kier molecular flexibility index (Phi) is 5.88. The maximum atomic E-state index is 12.5. The van der Waals surface area contributed by atoms with Crippen LogP contribution in [0, 0.1) is 0 Å². The first-order valence-corrected chi connectivity index (χ1v) is 9.08. The molecule has 0 spiro atoms. The summed E-state index contributed by atoms with van der Waals surface area (Å²) >= 11 is 3.42. The molecule has 0 aromatic heterocycles. The van der Waals surface area contributed by atoms with Crippen LogP contribution in [-0.4, -0.2) is 38.9 Å². The van der Waals surface area contributed by atoms with E-state index in [1.165, 1.54) is 7.11 Å². The highest BCUT2D eigenvalue weighted by Gasteiger charge is 2.22. The molecule has 26 heavy (non-hydrogen) atoms. The van der Waals surface area contributed by atoms with Gasteiger partial charge in [-0.2, -0.15) is 0 Å².